The summed E-state index contributed by atoms with van der Waals surface area (Å²) in [5.41, 5.74) is 5.84. The molecule has 5 nitrogen and oxygen atoms in total. The molecule has 0 spiro atoms. The Kier molecular flexibility index (Phi) is 13.0. The molecule has 3 aliphatic rings. The van der Waals surface area contributed by atoms with Gasteiger partial charge in [-0.1, -0.05) is 51.3 Å². The number of hydrogen-bond donors (Lipinski definition) is 0. The molecule has 5 rings (SSSR count). The van der Waals surface area contributed by atoms with Crippen molar-refractivity contribution < 1.29 is 0 Å². The fraction of sp³-hybridized carbons (Fsp3) is 0.667. The molecular weight excluding hydrogens is 567 g/mol. The average Bonchev–Trinajstić information content (AvgIpc) is 3.00. The monoisotopic (exact) mass is 623 g/mol. The summed E-state index contributed by atoms with van der Waals surface area (Å²) in [4.78, 5) is 6.37. The van der Waals surface area contributed by atoms with Gasteiger partial charge in [0.15, 0.2) is 0 Å². The molecule has 2 aromatic rings. The molecule has 0 amide bonds. The Bertz CT molecular complexity index is 1100. The molecule has 1 saturated heterocycles. The normalized spacial score (nSPS) is 22.9. The topological polar surface area (TPSA) is 16.2 Å². The van der Waals surface area contributed by atoms with Gasteiger partial charge in [-0.25, -0.2) is 12.9 Å². The lowest BCUT2D eigenvalue weighted by Gasteiger charge is -2.36. The number of hydrogen-bond acceptors (Lipinski definition) is 7. The highest BCUT2D eigenvalue weighted by Crippen LogP contribution is 2.31. The first kappa shape index (κ1) is 33.2. The third kappa shape index (κ3) is 10.4. The van der Waals surface area contributed by atoms with Crippen molar-refractivity contribution in [2.45, 2.75) is 83.1 Å². The zero-order valence-electron chi connectivity index (χ0n) is 27.5. The second-order valence-electron chi connectivity index (χ2n) is 13.5. The fourth-order valence-electron chi connectivity index (χ4n) is 7.05. The Morgan fingerprint density at radius 3 is 2.21 bits per heavy atom. The molecule has 1 aliphatic carbocycles. The fourth-order valence-corrected chi connectivity index (χ4v) is 9.38. The van der Waals surface area contributed by atoms with Gasteiger partial charge in [0.25, 0.3) is 0 Å². The summed E-state index contributed by atoms with van der Waals surface area (Å²) in [6.07, 6.45) is 12.0. The van der Waals surface area contributed by atoms with Gasteiger partial charge in [0.1, 0.15) is 0 Å². The molecule has 2 heterocycles. The van der Waals surface area contributed by atoms with Crippen LogP contribution in [0.2, 0.25) is 0 Å². The van der Waals surface area contributed by atoms with Crippen LogP contribution in [0.25, 0.3) is 0 Å². The van der Waals surface area contributed by atoms with E-state index in [0.717, 1.165) is 45.1 Å². The van der Waals surface area contributed by atoms with E-state index in [9.17, 15) is 0 Å². The molecule has 7 heteroatoms. The minimum Gasteiger partial charge on any atom is -0.378 e. The quantitative estimate of drug-likeness (QED) is 0.275. The Labute approximate surface area is 272 Å². The Balaban J connectivity index is 1.25. The van der Waals surface area contributed by atoms with Crippen molar-refractivity contribution in [3.8, 4) is 0 Å². The standard InChI is InChI=1S/C36H57N5S2/c1-5-31-13-14-34-29-41(24-19-33(34)25-31)43-40-23-10-21-38(28-32-11-7-6-8-12-32)20-9-22-39(26-30(2)27-40)42-36-17-15-35(16-18-36)37(3)4/h13-18,25,30,32H,5-12,19-24,26-29H2,1-4H3. The molecule has 2 aromatic carbocycles. The lowest BCUT2D eigenvalue weighted by atomic mass is 9.89. The minimum atomic E-state index is 0.614. The first-order chi connectivity index (χ1) is 20.9. The zero-order chi connectivity index (χ0) is 30.0. The second-order valence-corrected chi connectivity index (χ2v) is 15.9. The number of nitrogens with zero attached hydrogens (tertiary/aromatic N) is 5. The van der Waals surface area contributed by atoms with E-state index in [4.69, 9.17) is 0 Å². The lowest BCUT2D eigenvalue weighted by Crippen LogP contribution is -2.39. The van der Waals surface area contributed by atoms with E-state index in [0.29, 0.717) is 5.92 Å². The van der Waals surface area contributed by atoms with Crippen LogP contribution in [0, 0.1) is 11.8 Å². The highest BCUT2D eigenvalue weighted by molar-refractivity contribution is 7.97. The largest absolute Gasteiger partial charge is 0.378 e. The van der Waals surface area contributed by atoms with Gasteiger partial charge in [-0.15, -0.1) is 0 Å². The molecule has 1 atom stereocenters. The first-order valence-corrected chi connectivity index (χ1v) is 18.7. The van der Waals surface area contributed by atoms with Crippen molar-refractivity contribution in [1.29, 1.82) is 0 Å². The molecule has 2 fully saturated rings. The van der Waals surface area contributed by atoms with Crippen LogP contribution in [0.1, 0.15) is 75.5 Å². The van der Waals surface area contributed by atoms with E-state index in [1.807, 2.05) is 24.1 Å². The lowest BCUT2D eigenvalue weighted by molar-refractivity contribution is 0.183. The van der Waals surface area contributed by atoms with Crippen molar-refractivity contribution in [1.82, 2.24) is 17.8 Å². The summed E-state index contributed by atoms with van der Waals surface area (Å²) >= 11 is 4.00. The smallest absolute Gasteiger partial charge is 0.0361 e. The van der Waals surface area contributed by atoms with Gasteiger partial charge >= 0.3 is 0 Å². The summed E-state index contributed by atoms with van der Waals surface area (Å²) in [5, 5.41) is 0. The van der Waals surface area contributed by atoms with Crippen molar-refractivity contribution in [2.24, 2.45) is 11.8 Å². The van der Waals surface area contributed by atoms with Gasteiger partial charge in [0.05, 0.1) is 0 Å². The zero-order valence-corrected chi connectivity index (χ0v) is 29.1. The molecule has 1 saturated carbocycles. The Morgan fingerprint density at radius 1 is 0.767 bits per heavy atom. The van der Waals surface area contributed by atoms with Crippen molar-refractivity contribution >= 4 is 29.8 Å². The van der Waals surface area contributed by atoms with Gasteiger partial charge < -0.3 is 9.80 Å². The summed E-state index contributed by atoms with van der Waals surface area (Å²) < 4.78 is 8.01. The summed E-state index contributed by atoms with van der Waals surface area (Å²) in [6, 6.07) is 16.3. The molecule has 43 heavy (non-hydrogen) atoms. The number of aryl methyl sites for hydroxylation is 1. The SMILES string of the molecule is CCc1ccc2c(c1)CCN(SN1CCCN(CC3CCCCC3)CCCN(Sc3ccc(N(C)C)cc3)CC(C)C1)C2. The summed E-state index contributed by atoms with van der Waals surface area (Å²) in [5.74, 6) is 1.53. The van der Waals surface area contributed by atoms with E-state index in [-0.39, 0.29) is 0 Å². The van der Waals surface area contributed by atoms with Gasteiger partial charge in [-0.2, -0.15) is 0 Å². The molecule has 0 radical (unpaired) electrons. The highest BCUT2D eigenvalue weighted by atomic mass is 32.2. The Morgan fingerprint density at radius 2 is 1.49 bits per heavy atom. The van der Waals surface area contributed by atoms with Gasteiger partial charge in [-0.3, -0.25) is 0 Å². The van der Waals surface area contributed by atoms with Crippen molar-refractivity contribution in [3.05, 3.63) is 59.2 Å². The molecule has 1 unspecified atom stereocenters. The van der Waals surface area contributed by atoms with Crippen LogP contribution in [0.4, 0.5) is 5.69 Å². The van der Waals surface area contributed by atoms with Crippen LogP contribution >= 0.6 is 24.1 Å². The van der Waals surface area contributed by atoms with Crippen LogP contribution in [-0.2, 0) is 19.4 Å². The van der Waals surface area contributed by atoms with E-state index in [1.165, 1.54) is 99.3 Å². The van der Waals surface area contributed by atoms with Crippen molar-refractivity contribution in [2.75, 3.05) is 71.4 Å². The van der Waals surface area contributed by atoms with Crippen LogP contribution in [0.3, 0.4) is 0 Å². The van der Waals surface area contributed by atoms with Gasteiger partial charge in [0.2, 0.25) is 0 Å². The van der Waals surface area contributed by atoms with E-state index < -0.39 is 0 Å². The van der Waals surface area contributed by atoms with Crippen molar-refractivity contribution in [3.63, 3.8) is 0 Å². The van der Waals surface area contributed by atoms with E-state index in [2.05, 4.69) is 93.1 Å². The highest BCUT2D eigenvalue weighted by Gasteiger charge is 2.24. The molecule has 0 aromatic heterocycles. The number of benzene rings is 2. The van der Waals surface area contributed by atoms with Gasteiger partial charge in [-0.05, 0) is 116 Å². The first-order valence-electron chi connectivity index (χ1n) is 17.2. The van der Waals surface area contributed by atoms with E-state index in [1.54, 1.807) is 5.56 Å². The Hall–Kier alpha value is -1.22. The van der Waals surface area contributed by atoms with Crippen LogP contribution < -0.4 is 4.90 Å². The van der Waals surface area contributed by atoms with Crippen LogP contribution in [0.15, 0.2) is 47.4 Å². The average molecular weight is 624 g/mol. The maximum atomic E-state index is 2.83. The number of rotatable bonds is 8. The summed E-state index contributed by atoms with van der Waals surface area (Å²) in [6.45, 7) is 15.3. The predicted molar refractivity (Wildman–Crippen MR) is 189 cm³/mol. The number of anilines is 1. The minimum absolute atomic E-state index is 0.614. The maximum Gasteiger partial charge on any atom is 0.0361 e. The predicted octanol–water partition coefficient (Wildman–Crippen LogP) is 7.86. The molecule has 0 bridgehead atoms. The molecule has 0 N–H and O–H groups in total. The van der Waals surface area contributed by atoms with E-state index >= 15 is 0 Å². The summed E-state index contributed by atoms with van der Waals surface area (Å²) in [7, 11) is 4.24. The third-order valence-electron chi connectivity index (χ3n) is 9.51. The molecule has 238 valence electrons. The second kappa shape index (κ2) is 16.9. The molecule has 2 aliphatic heterocycles. The van der Waals surface area contributed by atoms with Crippen LogP contribution in [-0.4, -0.2) is 84.3 Å². The third-order valence-corrected chi connectivity index (χ3v) is 11.7. The maximum absolute atomic E-state index is 2.83. The number of fused-ring (bicyclic) bond motifs is 1. The molecular formula is C36H57N5S2. The van der Waals surface area contributed by atoms with Crippen LogP contribution in [0.5, 0.6) is 0 Å². The van der Waals surface area contributed by atoms with Gasteiger partial charge in [0, 0.05) is 82.6 Å².